The first-order chi connectivity index (χ1) is 14.7. The van der Waals surface area contributed by atoms with Gasteiger partial charge in [-0.1, -0.05) is 24.8 Å². The number of rotatable bonds is 6. The molecule has 4 rings (SSSR count). The number of methoxy groups -OCH3 is 1. The molecule has 0 spiro atoms. The van der Waals surface area contributed by atoms with E-state index in [1.54, 1.807) is 12.0 Å². The molecule has 1 aliphatic rings. The molecule has 2 heterocycles. The van der Waals surface area contributed by atoms with Crippen LogP contribution in [-0.4, -0.2) is 58.0 Å². The molecule has 1 amide bonds. The Morgan fingerprint density at radius 1 is 1.27 bits per heavy atom. The fraction of sp³-hybridized carbons (Fsp3) is 0.286. The van der Waals surface area contributed by atoms with Crippen molar-refractivity contribution in [1.82, 2.24) is 25.8 Å². The number of benzene rings is 2. The lowest BCUT2D eigenvalue weighted by Crippen LogP contribution is -2.41. The van der Waals surface area contributed by atoms with Gasteiger partial charge in [-0.25, -0.2) is 0 Å². The van der Waals surface area contributed by atoms with Gasteiger partial charge in [-0.2, -0.15) is 0 Å². The predicted molar refractivity (Wildman–Crippen MR) is 108 cm³/mol. The third-order valence-corrected chi connectivity index (χ3v) is 5.10. The van der Waals surface area contributed by atoms with Gasteiger partial charge in [0, 0.05) is 37.6 Å². The molecule has 0 saturated carbocycles. The molecule has 1 fully saturated rings. The first-order valence-electron chi connectivity index (χ1n) is 9.71. The normalized spacial score (nSPS) is 14.4. The van der Waals surface area contributed by atoms with E-state index in [1.165, 1.54) is 10.9 Å². The Morgan fingerprint density at radius 3 is 2.77 bits per heavy atom. The quantitative estimate of drug-likeness (QED) is 0.494. The van der Waals surface area contributed by atoms with Gasteiger partial charge >= 0.3 is 0 Å². The van der Waals surface area contributed by atoms with Gasteiger partial charge in [-0.15, -0.1) is 0 Å². The van der Waals surface area contributed by atoms with Crippen molar-refractivity contribution in [2.24, 2.45) is 0 Å². The summed E-state index contributed by atoms with van der Waals surface area (Å²) in [7, 11) is 1.65. The minimum atomic E-state index is -0.0388. The van der Waals surface area contributed by atoms with E-state index in [2.05, 4.69) is 27.4 Å². The highest BCUT2D eigenvalue weighted by Crippen LogP contribution is 2.33. The van der Waals surface area contributed by atoms with Crippen molar-refractivity contribution in [3.8, 4) is 28.3 Å². The predicted octanol–water partition coefficient (Wildman–Crippen LogP) is 1.71. The summed E-state index contributed by atoms with van der Waals surface area (Å²) >= 11 is 0. The first kappa shape index (κ1) is 19.6. The molecule has 9 heteroatoms. The molecule has 154 valence electrons. The number of aromatic nitrogens is 5. The Balaban J connectivity index is 1.62. The molecule has 1 aromatic heterocycles. The minimum Gasteiger partial charge on any atom is -0.496 e. The van der Waals surface area contributed by atoms with Gasteiger partial charge < -0.3 is 14.4 Å². The molecule has 1 saturated heterocycles. The second-order valence-electron chi connectivity index (χ2n) is 6.95. The number of nitrogens with one attached hydrogen (secondary N) is 1. The zero-order valence-electron chi connectivity index (χ0n) is 16.7. The van der Waals surface area contributed by atoms with Gasteiger partial charge in [0.05, 0.1) is 7.11 Å². The summed E-state index contributed by atoms with van der Waals surface area (Å²) in [6.07, 6.45) is 2.88. The SMILES string of the molecule is C=CC(=O)N1CCC(Oc2cc(-c3ccccc3OC)cc(-[n+]3nnn[nH]3)c2)CC1. The van der Waals surface area contributed by atoms with Crippen LogP contribution < -0.4 is 14.3 Å². The maximum Gasteiger partial charge on any atom is 0.245 e. The number of ether oxygens (including phenoxy) is 2. The Bertz CT molecular complexity index is 1030. The summed E-state index contributed by atoms with van der Waals surface area (Å²) in [6.45, 7) is 4.85. The average Bonchev–Trinajstić information content (AvgIpc) is 3.34. The van der Waals surface area contributed by atoms with Crippen LogP contribution in [0.25, 0.3) is 16.8 Å². The van der Waals surface area contributed by atoms with Crippen LogP contribution in [0.2, 0.25) is 0 Å². The number of amides is 1. The minimum absolute atomic E-state index is 0.0116. The van der Waals surface area contributed by atoms with Gasteiger partial charge in [0.2, 0.25) is 16.3 Å². The molecule has 1 N–H and O–H groups in total. The van der Waals surface area contributed by atoms with E-state index in [0.29, 0.717) is 18.8 Å². The molecule has 0 unspecified atom stereocenters. The second kappa shape index (κ2) is 8.73. The van der Waals surface area contributed by atoms with Gasteiger partial charge in [0.25, 0.3) is 0 Å². The van der Waals surface area contributed by atoms with Gasteiger partial charge in [-0.3, -0.25) is 4.79 Å². The fourth-order valence-electron chi connectivity index (χ4n) is 3.58. The highest BCUT2D eigenvalue weighted by Gasteiger charge is 2.23. The lowest BCUT2D eigenvalue weighted by Gasteiger charge is -2.31. The van der Waals surface area contributed by atoms with Crippen LogP contribution in [-0.2, 0) is 4.79 Å². The van der Waals surface area contributed by atoms with Crippen molar-refractivity contribution < 1.29 is 19.1 Å². The molecular weight excluding hydrogens is 384 g/mol. The smallest absolute Gasteiger partial charge is 0.245 e. The topological polar surface area (TPSA) is 97.1 Å². The number of carbonyl (C=O) groups excluding carboxylic acids is 1. The molecule has 9 nitrogen and oxygen atoms in total. The van der Waals surface area contributed by atoms with E-state index in [4.69, 9.17) is 9.47 Å². The number of para-hydroxylation sites is 1. The number of nitrogens with zero attached hydrogens (tertiary/aromatic N) is 5. The van der Waals surface area contributed by atoms with Crippen molar-refractivity contribution in [1.29, 1.82) is 0 Å². The Hall–Kier alpha value is -3.75. The highest BCUT2D eigenvalue weighted by molar-refractivity contribution is 5.87. The summed E-state index contributed by atoms with van der Waals surface area (Å²) in [5, 5.41) is 14.0. The van der Waals surface area contributed by atoms with Crippen LogP contribution in [0.5, 0.6) is 11.5 Å². The number of hydrogen-bond donors (Lipinski definition) is 1. The summed E-state index contributed by atoms with van der Waals surface area (Å²) in [6, 6.07) is 13.6. The van der Waals surface area contributed by atoms with Crippen LogP contribution in [0.3, 0.4) is 0 Å². The number of H-pyrrole nitrogens is 1. The molecule has 0 radical (unpaired) electrons. The van der Waals surface area contributed by atoms with E-state index in [-0.39, 0.29) is 12.0 Å². The molecule has 0 bridgehead atoms. The number of piperidine rings is 1. The summed E-state index contributed by atoms with van der Waals surface area (Å²) in [4.78, 5) is 15.1. The molecule has 0 atom stereocenters. The molecule has 3 aromatic rings. The lowest BCUT2D eigenvalue weighted by molar-refractivity contribution is -0.719. The zero-order valence-corrected chi connectivity index (χ0v) is 16.7. The third kappa shape index (κ3) is 4.14. The second-order valence-corrected chi connectivity index (χ2v) is 6.95. The van der Waals surface area contributed by atoms with Crippen LogP contribution in [0.1, 0.15) is 12.8 Å². The van der Waals surface area contributed by atoms with Crippen LogP contribution >= 0.6 is 0 Å². The first-order valence-corrected chi connectivity index (χ1v) is 9.71. The summed E-state index contributed by atoms with van der Waals surface area (Å²) in [5.41, 5.74) is 2.59. The lowest BCUT2D eigenvalue weighted by atomic mass is 10.0. The van der Waals surface area contributed by atoms with Crippen molar-refractivity contribution in [2.75, 3.05) is 20.2 Å². The van der Waals surface area contributed by atoms with Gasteiger partial charge in [0.1, 0.15) is 22.8 Å². The van der Waals surface area contributed by atoms with Gasteiger partial charge in [0.15, 0.2) is 5.69 Å². The summed E-state index contributed by atoms with van der Waals surface area (Å²) < 4.78 is 11.8. The third-order valence-electron chi connectivity index (χ3n) is 5.10. The zero-order chi connectivity index (χ0) is 20.9. The van der Waals surface area contributed by atoms with Crippen LogP contribution in [0.15, 0.2) is 55.1 Å². The molecule has 2 aromatic carbocycles. The van der Waals surface area contributed by atoms with E-state index in [9.17, 15) is 4.79 Å². The summed E-state index contributed by atoms with van der Waals surface area (Å²) in [5.74, 6) is 1.42. The van der Waals surface area contributed by atoms with Crippen molar-refractivity contribution in [2.45, 2.75) is 18.9 Å². The standard InChI is InChI=1S/C21H22N6O3/c1-3-21(28)26-10-8-17(9-11-26)30-18-13-15(19-6-4-5-7-20(19)29-2)12-16(14-18)27-24-22-23-25-27/h3-7,12-14,17H,1,8-11H2,2H3/p+1. The van der Waals surface area contributed by atoms with Crippen molar-refractivity contribution in [3.63, 3.8) is 0 Å². The molecule has 30 heavy (non-hydrogen) atoms. The number of carbonyl (C=O) groups is 1. The van der Waals surface area contributed by atoms with Crippen molar-refractivity contribution in [3.05, 3.63) is 55.1 Å². The maximum absolute atomic E-state index is 11.8. The molecule has 0 aliphatic carbocycles. The monoisotopic (exact) mass is 407 g/mol. The highest BCUT2D eigenvalue weighted by atomic mass is 16.5. The Morgan fingerprint density at radius 2 is 2.07 bits per heavy atom. The fourth-order valence-corrected chi connectivity index (χ4v) is 3.58. The van der Waals surface area contributed by atoms with E-state index >= 15 is 0 Å². The van der Waals surface area contributed by atoms with Crippen molar-refractivity contribution >= 4 is 5.91 Å². The van der Waals surface area contributed by atoms with Gasteiger partial charge in [-0.05, 0) is 39.8 Å². The average molecular weight is 407 g/mol. The van der Waals surface area contributed by atoms with E-state index < -0.39 is 0 Å². The molecule has 1 aliphatic heterocycles. The van der Waals surface area contributed by atoms with Crippen LogP contribution in [0.4, 0.5) is 0 Å². The molecular formula is C21H23N6O3+. The van der Waals surface area contributed by atoms with E-state index in [1.807, 2.05) is 42.5 Å². The number of likely N-dealkylation sites (tertiary alicyclic amines) is 1. The van der Waals surface area contributed by atoms with E-state index in [0.717, 1.165) is 35.4 Å². The number of aromatic amines is 1. The Labute approximate surface area is 173 Å². The maximum atomic E-state index is 11.8. The number of hydrogen-bond acceptors (Lipinski definition) is 6. The Kier molecular flexibility index (Phi) is 5.69. The largest absolute Gasteiger partial charge is 0.496 e. The van der Waals surface area contributed by atoms with Crippen LogP contribution in [0, 0.1) is 0 Å².